The highest BCUT2D eigenvalue weighted by atomic mass is 16.2. The van der Waals surface area contributed by atoms with E-state index < -0.39 is 6.04 Å². The summed E-state index contributed by atoms with van der Waals surface area (Å²) in [5.41, 5.74) is 0.999. The fourth-order valence-electron chi connectivity index (χ4n) is 6.19. The molecule has 0 aromatic heterocycles. The highest BCUT2D eigenvalue weighted by Crippen LogP contribution is 2.56. The van der Waals surface area contributed by atoms with Gasteiger partial charge in [0.15, 0.2) is 0 Å². The predicted octanol–water partition coefficient (Wildman–Crippen LogP) is 2.64. The second-order valence-corrected chi connectivity index (χ2v) is 9.02. The number of benzene rings is 1. The van der Waals surface area contributed by atoms with Gasteiger partial charge in [-0.3, -0.25) is 19.3 Å². The van der Waals surface area contributed by atoms with Crippen LogP contribution >= 0.6 is 0 Å². The minimum absolute atomic E-state index is 0.0439. The fourth-order valence-corrected chi connectivity index (χ4v) is 6.19. The van der Waals surface area contributed by atoms with Crippen molar-refractivity contribution in [3.8, 4) is 0 Å². The highest BCUT2D eigenvalue weighted by Gasteiger charge is 2.62. The molecule has 5 rings (SSSR count). The zero-order chi connectivity index (χ0) is 19.3. The van der Waals surface area contributed by atoms with Gasteiger partial charge in [0, 0.05) is 19.5 Å². The standard InChI is InChI=1S/C23H28N2O3/c26-21(24-11-5-2-6-12-24)18(13-15-7-3-1-4-8-15)25-22(27)19-16-9-10-17(14-16)20(19)23(25)28/h1,3-4,7-8,16-20H,2,5-6,9-14H2/t16-,17+,18-,19-,20+/m0/s1. The number of piperidine rings is 1. The normalized spacial score (nSPS) is 32.7. The zero-order valence-electron chi connectivity index (χ0n) is 16.3. The molecule has 2 saturated carbocycles. The maximum Gasteiger partial charge on any atom is 0.246 e. The lowest BCUT2D eigenvalue weighted by atomic mass is 9.81. The number of likely N-dealkylation sites (tertiary alicyclic amines) is 2. The fraction of sp³-hybridized carbons (Fsp3) is 0.609. The molecule has 0 N–H and O–H groups in total. The molecule has 0 unspecified atom stereocenters. The first-order valence-corrected chi connectivity index (χ1v) is 10.8. The Balaban J connectivity index is 1.46. The molecule has 5 nitrogen and oxygen atoms in total. The molecule has 2 bridgehead atoms. The monoisotopic (exact) mass is 380 g/mol. The summed E-state index contributed by atoms with van der Waals surface area (Å²) in [4.78, 5) is 43.4. The minimum atomic E-state index is -0.689. The molecule has 28 heavy (non-hydrogen) atoms. The first kappa shape index (κ1) is 17.9. The van der Waals surface area contributed by atoms with Crippen molar-refractivity contribution in [3.05, 3.63) is 35.9 Å². The van der Waals surface area contributed by atoms with Crippen LogP contribution in [-0.2, 0) is 20.8 Å². The Morgan fingerprint density at radius 3 is 2.14 bits per heavy atom. The number of imide groups is 1. The van der Waals surface area contributed by atoms with E-state index in [1.165, 1.54) is 4.90 Å². The van der Waals surface area contributed by atoms with Gasteiger partial charge in [0.1, 0.15) is 6.04 Å². The van der Waals surface area contributed by atoms with Crippen molar-refractivity contribution in [2.24, 2.45) is 23.7 Å². The molecule has 148 valence electrons. The van der Waals surface area contributed by atoms with E-state index in [1.54, 1.807) is 0 Å². The number of rotatable bonds is 4. The Morgan fingerprint density at radius 1 is 0.929 bits per heavy atom. The Labute approximate surface area is 166 Å². The molecule has 4 aliphatic rings. The molecule has 5 heteroatoms. The lowest BCUT2D eigenvalue weighted by molar-refractivity contribution is -0.152. The van der Waals surface area contributed by atoms with Crippen molar-refractivity contribution in [1.29, 1.82) is 0 Å². The van der Waals surface area contributed by atoms with E-state index >= 15 is 0 Å². The molecule has 1 aromatic rings. The molecule has 0 spiro atoms. The zero-order valence-corrected chi connectivity index (χ0v) is 16.3. The summed E-state index contributed by atoms with van der Waals surface area (Å²) in [7, 11) is 0. The summed E-state index contributed by atoms with van der Waals surface area (Å²) in [6, 6.07) is 9.10. The molecule has 1 aromatic carbocycles. The molecule has 5 atom stereocenters. The molecule has 2 aliphatic heterocycles. The summed E-state index contributed by atoms with van der Waals surface area (Å²) in [6.45, 7) is 1.47. The molecule has 2 heterocycles. The van der Waals surface area contributed by atoms with Gasteiger partial charge < -0.3 is 4.90 Å². The van der Waals surface area contributed by atoms with E-state index in [9.17, 15) is 14.4 Å². The maximum absolute atomic E-state index is 13.5. The number of fused-ring (bicyclic) bond motifs is 5. The number of amides is 3. The molecule has 0 radical (unpaired) electrons. The average Bonchev–Trinajstić information content (AvgIpc) is 3.41. The largest absolute Gasteiger partial charge is 0.341 e. The molecular weight excluding hydrogens is 352 g/mol. The third kappa shape index (κ3) is 2.78. The van der Waals surface area contributed by atoms with E-state index in [1.807, 2.05) is 35.2 Å². The Morgan fingerprint density at radius 2 is 1.54 bits per heavy atom. The van der Waals surface area contributed by atoms with E-state index in [0.717, 1.165) is 57.2 Å². The molecule has 3 amide bonds. The van der Waals surface area contributed by atoms with Crippen molar-refractivity contribution >= 4 is 17.7 Å². The number of carbonyl (C=O) groups is 3. The second kappa shape index (κ2) is 7.02. The number of hydrogen-bond acceptors (Lipinski definition) is 3. The lowest BCUT2D eigenvalue weighted by Crippen LogP contribution is -2.53. The van der Waals surface area contributed by atoms with Gasteiger partial charge in [0.25, 0.3) is 0 Å². The SMILES string of the molecule is O=C([C@H](Cc1ccccc1)N1C(=O)[C@@H]2[C@@H]3CC[C@@H](C3)[C@@H]2C1=O)N1CCCCC1. The summed E-state index contributed by atoms with van der Waals surface area (Å²) < 4.78 is 0. The van der Waals surface area contributed by atoms with Crippen LogP contribution in [-0.4, -0.2) is 46.7 Å². The third-order valence-corrected chi connectivity index (χ3v) is 7.50. The number of hydrogen-bond donors (Lipinski definition) is 0. The van der Waals surface area contributed by atoms with Crippen molar-refractivity contribution in [1.82, 2.24) is 9.80 Å². The smallest absolute Gasteiger partial charge is 0.246 e. The van der Waals surface area contributed by atoms with Crippen LogP contribution in [0.5, 0.6) is 0 Å². The van der Waals surface area contributed by atoms with Gasteiger partial charge in [-0.1, -0.05) is 30.3 Å². The van der Waals surface area contributed by atoms with Gasteiger partial charge in [-0.05, 0) is 55.9 Å². The van der Waals surface area contributed by atoms with E-state index in [-0.39, 0.29) is 29.6 Å². The Hall–Kier alpha value is -2.17. The summed E-state index contributed by atoms with van der Waals surface area (Å²) in [5, 5.41) is 0. The van der Waals surface area contributed by atoms with Crippen LogP contribution in [0.1, 0.15) is 44.1 Å². The van der Waals surface area contributed by atoms with Crippen LogP contribution in [0.25, 0.3) is 0 Å². The van der Waals surface area contributed by atoms with Crippen LogP contribution in [0, 0.1) is 23.7 Å². The number of carbonyl (C=O) groups excluding carboxylic acids is 3. The molecule has 2 aliphatic carbocycles. The van der Waals surface area contributed by atoms with Crippen molar-refractivity contribution in [2.75, 3.05) is 13.1 Å². The van der Waals surface area contributed by atoms with Crippen molar-refractivity contribution in [3.63, 3.8) is 0 Å². The highest BCUT2D eigenvalue weighted by molar-refractivity contribution is 6.09. The summed E-state index contributed by atoms with van der Waals surface area (Å²) in [5.74, 6) is 0.162. The van der Waals surface area contributed by atoms with Crippen LogP contribution < -0.4 is 0 Å². The first-order valence-electron chi connectivity index (χ1n) is 10.8. The van der Waals surface area contributed by atoms with Crippen LogP contribution in [0.4, 0.5) is 0 Å². The molecule has 2 saturated heterocycles. The van der Waals surface area contributed by atoms with Gasteiger partial charge in [0.2, 0.25) is 17.7 Å². The van der Waals surface area contributed by atoms with Gasteiger partial charge in [0.05, 0.1) is 11.8 Å². The van der Waals surface area contributed by atoms with Gasteiger partial charge in [-0.25, -0.2) is 0 Å². The minimum Gasteiger partial charge on any atom is -0.341 e. The molecular formula is C23H28N2O3. The maximum atomic E-state index is 13.5. The van der Waals surface area contributed by atoms with Crippen molar-refractivity contribution < 1.29 is 14.4 Å². The number of nitrogens with zero attached hydrogens (tertiary/aromatic N) is 2. The second-order valence-electron chi connectivity index (χ2n) is 9.02. The third-order valence-electron chi connectivity index (χ3n) is 7.50. The van der Waals surface area contributed by atoms with Crippen LogP contribution in [0.3, 0.4) is 0 Å². The van der Waals surface area contributed by atoms with E-state index in [0.29, 0.717) is 18.3 Å². The van der Waals surface area contributed by atoms with Gasteiger partial charge >= 0.3 is 0 Å². The van der Waals surface area contributed by atoms with Crippen LogP contribution in [0.2, 0.25) is 0 Å². The first-order chi connectivity index (χ1) is 13.6. The summed E-state index contributed by atoms with van der Waals surface area (Å²) >= 11 is 0. The van der Waals surface area contributed by atoms with E-state index in [4.69, 9.17) is 0 Å². The molecule has 4 fully saturated rings. The topological polar surface area (TPSA) is 57.7 Å². The average molecular weight is 380 g/mol. The Bertz CT molecular complexity index is 758. The van der Waals surface area contributed by atoms with Crippen molar-refractivity contribution in [2.45, 2.75) is 51.0 Å². The Kier molecular flexibility index (Phi) is 4.48. The van der Waals surface area contributed by atoms with Gasteiger partial charge in [-0.2, -0.15) is 0 Å². The predicted molar refractivity (Wildman–Crippen MR) is 104 cm³/mol. The summed E-state index contributed by atoms with van der Waals surface area (Å²) in [6.07, 6.45) is 6.70. The van der Waals surface area contributed by atoms with E-state index in [2.05, 4.69) is 0 Å². The lowest BCUT2D eigenvalue weighted by Gasteiger charge is -2.34. The van der Waals surface area contributed by atoms with Crippen LogP contribution in [0.15, 0.2) is 30.3 Å². The van der Waals surface area contributed by atoms with Gasteiger partial charge in [-0.15, -0.1) is 0 Å². The quantitative estimate of drug-likeness (QED) is 0.755.